The van der Waals surface area contributed by atoms with Gasteiger partial charge < -0.3 is 15.1 Å². The highest BCUT2D eigenvalue weighted by Crippen LogP contribution is 2.30. The fraction of sp³-hybridized carbons (Fsp3) is 0.833. The number of hydrogen-bond donors (Lipinski definition) is 1. The maximum Gasteiger partial charge on any atom is 0.442 e. The molecule has 0 spiro atoms. The predicted octanol–water partition coefficient (Wildman–Crippen LogP) is 1.08. The molecular formula is C12H19ClF3N3O2S. The van der Waals surface area contributed by atoms with Crippen LogP contribution in [0.25, 0.3) is 0 Å². The average molecular weight is 362 g/mol. The van der Waals surface area contributed by atoms with Crippen LogP contribution < -0.4 is 5.32 Å². The van der Waals surface area contributed by atoms with Crippen molar-refractivity contribution in [1.82, 2.24) is 15.1 Å². The Balaban J connectivity index is 0.00000242. The Morgan fingerprint density at radius 1 is 1.36 bits per heavy atom. The molecule has 0 aromatic rings. The molecule has 2 fully saturated rings. The maximum atomic E-state index is 12.1. The number of rotatable bonds is 3. The molecule has 128 valence electrons. The first-order valence-corrected chi connectivity index (χ1v) is 7.84. The molecule has 0 aromatic heterocycles. The summed E-state index contributed by atoms with van der Waals surface area (Å²) in [7, 11) is 0. The number of halogens is 4. The number of thioether (sulfide) groups is 1. The van der Waals surface area contributed by atoms with E-state index in [1.807, 2.05) is 0 Å². The third kappa shape index (κ3) is 5.51. The number of piperidine rings is 1. The number of amides is 2. The highest BCUT2D eigenvalue weighted by molar-refractivity contribution is 8.00. The van der Waals surface area contributed by atoms with E-state index in [2.05, 4.69) is 5.32 Å². The minimum atomic E-state index is -4.39. The van der Waals surface area contributed by atoms with Crippen LogP contribution in [-0.2, 0) is 9.59 Å². The van der Waals surface area contributed by atoms with Crippen LogP contribution in [-0.4, -0.2) is 71.6 Å². The van der Waals surface area contributed by atoms with Crippen molar-refractivity contribution in [2.24, 2.45) is 0 Å². The zero-order chi connectivity index (χ0) is 15.5. The number of nitrogens with one attached hydrogen (secondary N) is 1. The van der Waals surface area contributed by atoms with Gasteiger partial charge in [-0.3, -0.25) is 9.59 Å². The van der Waals surface area contributed by atoms with E-state index in [0.717, 1.165) is 6.42 Å². The van der Waals surface area contributed by atoms with E-state index in [4.69, 9.17) is 0 Å². The van der Waals surface area contributed by atoms with Gasteiger partial charge in [0.25, 0.3) is 0 Å². The molecule has 0 radical (unpaired) electrons. The van der Waals surface area contributed by atoms with Crippen molar-refractivity contribution in [3.8, 4) is 0 Å². The molecule has 0 bridgehead atoms. The Bertz CT molecular complexity index is 412. The Morgan fingerprint density at radius 2 is 2.09 bits per heavy atom. The Morgan fingerprint density at radius 3 is 2.73 bits per heavy atom. The minimum Gasteiger partial charge on any atom is -0.340 e. The van der Waals surface area contributed by atoms with Crippen LogP contribution in [0, 0.1) is 0 Å². The number of likely N-dealkylation sites (tertiary alicyclic amines) is 1. The van der Waals surface area contributed by atoms with Gasteiger partial charge in [-0.25, -0.2) is 0 Å². The molecule has 2 aliphatic heterocycles. The first-order chi connectivity index (χ1) is 9.87. The van der Waals surface area contributed by atoms with E-state index in [0.29, 0.717) is 32.6 Å². The second kappa shape index (κ2) is 8.26. The molecule has 0 aliphatic carbocycles. The lowest BCUT2D eigenvalue weighted by atomic mass is 10.0. The summed E-state index contributed by atoms with van der Waals surface area (Å²) in [6.07, 6.45) is 1.51. The smallest absolute Gasteiger partial charge is 0.340 e. The summed E-state index contributed by atoms with van der Waals surface area (Å²) in [5.41, 5.74) is -4.39. The highest BCUT2D eigenvalue weighted by Gasteiger charge is 2.34. The zero-order valence-electron chi connectivity index (χ0n) is 11.9. The van der Waals surface area contributed by atoms with Crippen LogP contribution in [0.5, 0.6) is 0 Å². The summed E-state index contributed by atoms with van der Waals surface area (Å²) < 4.78 is 36.4. The molecule has 0 saturated carbocycles. The van der Waals surface area contributed by atoms with E-state index in [9.17, 15) is 22.8 Å². The molecular weight excluding hydrogens is 343 g/mol. The van der Waals surface area contributed by atoms with Crippen LogP contribution in [0.1, 0.15) is 12.8 Å². The SMILES string of the molecule is Cl.O=C(CSC(F)(F)F)N1CCCC(N2CCNCC2=O)C1. The van der Waals surface area contributed by atoms with Gasteiger partial charge in [0.05, 0.1) is 12.3 Å². The summed E-state index contributed by atoms with van der Waals surface area (Å²) in [5, 5.41) is 2.97. The molecule has 10 heteroatoms. The summed E-state index contributed by atoms with van der Waals surface area (Å²) in [5.74, 6) is -1.11. The molecule has 1 N–H and O–H groups in total. The van der Waals surface area contributed by atoms with Crippen molar-refractivity contribution in [3.63, 3.8) is 0 Å². The number of carbonyl (C=O) groups excluding carboxylic acids is 2. The van der Waals surface area contributed by atoms with E-state index in [1.165, 1.54) is 4.90 Å². The van der Waals surface area contributed by atoms with Gasteiger partial charge in [0, 0.05) is 32.2 Å². The lowest BCUT2D eigenvalue weighted by Crippen LogP contribution is -2.57. The van der Waals surface area contributed by atoms with Gasteiger partial charge in [0.2, 0.25) is 11.8 Å². The Hall–Kier alpha value is -0.670. The lowest BCUT2D eigenvalue weighted by Gasteiger charge is -2.41. The number of piperazine rings is 1. The van der Waals surface area contributed by atoms with Gasteiger partial charge in [0.1, 0.15) is 0 Å². The molecule has 1 atom stereocenters. The molecule has 0 aromatic carbocycles. The van der Waals surface area contributed by atoms with Crippen LogP contribution in [0.2, 0.25) is 0 Å². The second-order valence-corrected chi connectivity index (χ2v) is 6.17. The van der Waals surface area contributed by atoms with Gasteiger partial charge in [0.15, 0.2) is 0 Å². The minimum absolute atomic E-state index is 0. The lowest BCUT2D eigenvalue weighted by molar-refractivity contribution is -0.139. The van der Waals surface area contributed by atoms with Crippen LogP contribution >= 0.6 is 24.2 Å². The summed E-state index contributed by atoms with van der Waals surface area (Å²) in [4.78, 5) is 26.9. The van der Waals surface area contributed by atoms with E-state index < -0.39 is 17.2 Å². The highest BCUT2D eigenvalue weighted by atomic mass is 35.5. The summed E-state index contributed by atoms with van der Waals surface area (Å²) >= 11 is -0.309. The largest absolute Gasteiger partial charge is 0.442 e. The first-order valence-electron chi connectivity index (χ1n) is 6.85. The number of carbonyl (C=O) groups is 2. The van der Waals surface area contributed by atoms with Crippen molar-refractivity contribution in [1.29, 1.82) is 0 Å². The number of nitrogens with zero attached hydrogens (tertiary/aromatic N) is 2. The van der Waals surface area contributed by atoms with Gasteiger partial charge >= 0.3 is 5.51 Å². The van der Waals surface area contributed by atoms with Crippen molar-refractivity contribution in [2.75, 3.05) is 38.5 Å². The van der Waals surface area contributed by atoms with Crippen molar-refractivity contribution >= 4 is 36.0 Å². The third-order valence-electron chi connectivity index (χ3n) is 3.68. The quantitative estimate of drug-likeness (QED) is 0.817. The third-order valence-corrected chi connectivity index (χ3v) is 4.39. The van der Waals surface area contributed by atoms with Crippen LogP contribution in [0.4, 0.5) is 13.2 Å². The van der Waals surface area contributed by atoms with E-state index >= 15 is 0 Å². The van der Waals surface area contributed by atoms with E-state index in [-0.39, 0.29) is 42.7 Å². The molecule has 5 nitrogen and oxygen atoms in total. The van der Waals surface area contributed by atoms with E-state index in [1.54, 1.807) is 4.90 Å². The van der Waals surface area contributed by atoms with Crippen LogP contribution in [0.3, 0.4) is 0 Å². The molecule has 2 rings (SSSR count). The van der Waals surface area contributed by atoms with Crippen molar-refractivity contribution < 1.29 is 22.8 Å². The monoisotopic (exact) mass is 361 g/mol. The van der Waals surface area contributed by atoms with Crippen LogP contribution in [0.15, 0.2) is 0 Å². The van der Waals surface area contributed by atoms with Crippen molar-refractivity contribution in [2.45, 2.75) is 24.4 Å². The molecule has 2 aliphatic rings. The number of alkyl halides is 3. The zero-order valence-corrected chi connectivity index (χ0v) is 13.5. The standard InChI is InChI=1S/C12H18F3N3O2S.ClH/c13-12(14,15)21-8-11(20)17-4-1-2-9(7-17)18-5-3-16-6-10(18)19;/h9,16H,1-8H2;1H. The van der Waals surface area contributed by atoms with Gasteiger partial charge in [-0.2, -0.15) is 13.2 Å². The predicted molar refractivity (Wildman–Crippen MR) is 79.9 cm³/mol. The van der Waals surface area contributed by atoms with Crippen molar-refractivity contribution in [3.05, 3.63) is 0 Å². The number of hydrogen-bond acceptors (Lipinski definition) is 4. The normalized spacial score (nSPS) is 23.2. The van der Waals surface area contributed by atoms with Gasteiger partial charge in [-0.15, -0.1) is 12.4 Å². The first kappa shape index (κ1) is 19.4. The fourth-order valence-electron chi connectivity index (χ4n) is 2.68. The average Bonchev–Trinajstić information content (AvgIpc) is 2.44. The summed E-state index contributed by atoms with van der Waals surface area (Å²) in [6, 6.07) is -0.0758. The second-order valence-electron chi connectivity index (χ2n) is 5.13. The molecule has 2 amide bonds. The molecule has 2 heterocycles. The molecule has 22 heavy (non-hydrogen) atoms. The maximum absolute atomic E-state index is 12.1. The summed E-state index contributed by atoms with van der Waals surface area (Å²) in [6.45, 7) is 2.38. The Kier molecular flexibility index (Phi) is 7.27. The topological polar surface area (TPSA) is 52.7 Å². The Labute approximate surface area is 137 Å². The van der Waals surface area contributed by atoms with Gasteiger partial charge in [-0.1, -0.05) is 0 Å². The fourth-order valence-corrected chi connectivity index (χ4v) is 3.15. The van der Waals surface area contributed by atoms with Gasteiger partial charge in [-0.05, 0) is 24.6 Å². The molecule has 1 unspecified atom stereocenters. The molecule has 2 saturated heterocycles.